The highest BCUT2D eigenvalue weighted by Crippen LogP contribution is 2.48. The molecule has 4 rings (SSSR count). The molecule has 6 heteroatoms. The summed E-state index contributed by atoms with van der Waals surface area (Å²) in [6.45, 7) is 0. The van der Waals surface area contributed by atoms with Crippen molar-refractivity contribution in [3.8, 4) is 23.0 Å². The molecule has 0 N–H and O–H groups in total. The van der Waals surface area contributed by atoms with Gasteiger partial charge in [-0.1, -0.05) is 5.57 Å². The van der Waals surface area contributed by atoms with Gasteiger partial charge in [-0.3, -0.25) is 0 Å². The maximum Gasteiger partial charge on any atom is 0.203 e. The summed E-state index contributed by atoms with van der Waals surface area (Å²) in [5.41, 5.74) is 5.27. The number of allylic oxidation sites excluding steroid dienone is 1. The molecule has 2 aromatic carbocycles. The Balaban J connectivity index is 2.00. The molecule has 3 aromatic rings. The van der Waals surface area contributed by atoms with Gasteiger partial charge in [-0.05, 0) is 49.1 Å². The summed E-state index contributed by atoms with van der Waals surface area (Å²) in [5, 5.41) is 1.05. The molecule has 31 heavy (non-hydrogen) atoms. The largest absolute Gasteiger partial charge is 0.497 e. The van der Waals surface area contributed by atoms with Crippen molar-refractivity contribution in [3.05, 3.63) is 47.2 Å². The number of nitrogens with zero attached hydrogens (tertiary/aromatic N) is 1. The Morgan fingerprint density at radius 1 is 0.871 bits per heavy atom. The van der Waals surface area contributed by atoms with E-state index in [0.29, 0.717) is 17.2 Å². The van der Waals surface area contributed by atoms with Gasteiger partial charge in [-0.25, -0.2) is 0 Å². The summed E-state index contributed by atoms with van der Waals surface area (Å²) in [7, 11) is 10.6. The predicted octanol–water partition coefficient (Wildman–Crippen LogP) is 5.52. The van der Waals surface area contributed by atoms with Crippen LogP contribution in [0.3, 0.4) is 0 Å². The first-order chi connectivity index (χ1) is 15.0. The van der Waals surface area contributed by atoms with Gasteiger partial charge in [-0.2, -0.15) is 0 Å². The van der Waals surface area contributed by atoms with Crippen LogP contribution in [0.1, 0.15) is 30.6 Å². The molecular weight excluding hydrogens is 394 g/mol. The van der Waals surface area contributed by atoms with Crippen LogP contribution in [0.15, 0.2) is 40.3 Å². The molecule has 0 bridgehead atoms. The van der Waals surface area contributed by atoms with Crippen molar-refractivity contribution in [1.29, 1.82) is 0 Å². The topological polar surface area (TPSA) is 53.3 Å². The molecule has 1 fully saturated rings. The third kappa shape index (κ3) is 3.56. The van der Waals surface area contributed by atoms with Gasteiger partial charge in [0.2, 0.25) is 5.75 Å². The van der Waals surface area contributed by atoms with Crippen molar-refractivity contribution in [2.75, 3.05) is 47.4 Å². The minimum absolute atomic E-state index is 0.578. The predicted molar refractivity (Wildman–Crippen MR) is 123 cm³/mol. The van der Waals surface area contributed by atoms with Gasteiger partial charge in [0.1, 0.15) is 11.3 Å². The number of benzene rings is 2. The van der Waals surface area contributed by atoms with E-state index in [-0.39, 0.29) is 0 Å². The Labute approximate surface area is 182 Å². The van der Waals surface area contributed by atoms with Crippen LogP contribution in [0.5, 0.6) is 23.0 Å². The van der Waals surface area contributed by atoms with E-state index in [4.69, 9.17) is 23.4 Å². The van der Waals surface area contributed by atoms with Gasteiger partial charge in [-0.15, -0.1) is 0 Å². The second kappa shape index (κ2) is 8.46. The Morgan fingerprint density at radius 3 is 2.03 bits per heavy atom. The van der Waals surface area contributed by atoms with E-state index in [1.54, 1.807) is 28.4 Å². The van der Waals surface area contributed by atoms with Crippen LogP contribution in [0, 0.1) is 0 Å². The SMILES string of the molecule is COc1ccc2c(N(C)C)c(C(=C3CCC3)c3cc(OC)c(OC)c(OC)c3)oc2c1. The van der Waals surface area contributed by atoms with Crippen molar-refractivity contribution < 1.29 is 23.4 Å². The van der Waals surface area contributed by atoms with E-state index in [1.165, 1.54) is 12.0 Å². The van der Waals surface area contributed by atoms with Gasteiger partial charge in [0.05, 0.1) is 34.1 Å². The molecule has 0 radical (unpaired) electrons. The first kappa shape index (κ1) is 21.0. The number of rotatable bonds is 7. The maximum atomic E-state index is 6.49. The molecule has 1 aliphatic carbocycles. The quantitative estimate of drug-likeness (QED) is 0.499. The zero-order valence-corrected chi connectivity index (χ0v) is 19.0. The number of methoxy groups -OCH3 is 4. The first-order valence-corrected chi connectivity index (χ1v) is 10.3. The number of anilines is 1. The molecular formula is C25H29NO5. The van der Waals surface area contributed by atoms with Crippen molar-refractivity contribution >= 4 is 22.2 Å². The van der Waals surface area contributed by atoms with Crippen LogP contribution in [0.25, 0.3) is 16.5 Å². The lowest BCUT2D eigenvalue weighted by Gasteiger charge is -2.24. The van der Waals surface area contributed by atoms with Crippen LogP contribution < -0.4 is 23.8 Å². The molecule has 1 aromatic heterocycles. The summed E-state index contributed by atoms with van der Waals surface area (Å²) < 4.78 is 28.7. The molecule has 0 aliphatic heterocycles. The first-order valence-electron chi connectivity index (χ1n) is 10.3. The van der Waals surface area contributed by atoms with Crippen molar-refractivity contribution in [2.45, 2.75) is 19.3 Å². The zero-order valence-electron chi connectivity index (χ0n) is 19.0. The Bertz CT molecular complexity index is 1110. The lowest BCUT2D eigenvalue weighted by atomic mass is 9.83. The molecule has 6 nitrogen and oxygen atoms in total. The number of ether oxygens (including phenoxy) is 4. The normalized spacial score (nSPS) is 13.0. The highest BCUT2D eigenvalue weighted by atomic mass is 16.5. The Kier molecular flexibility index (Phi) is 5.72. The molecule has 164 valence electrons. The highest BCUT2D eigenvalue weighted by Gasteiger charge is 2.27. The molecule has 0 amide bonds. The zero-order chi connectivity index (χ0) is 22.1. The number of hydrogen-bond donors (Lipinski definition) is 0. The minimum Gasteiger partial charge on any atom is -0.497 e. The lowest BCUT2D eigenvalue weighted by Crippen LogP contribution is -2.12. The standard InChI is InChI=1S/C25H29NO5/c1-26(2)23-18-11-10-17(27-3)14-19(18)31-25(23)22(15-8-7-9-15)16-12-20(28-4)24(30-6)21(13-16)29-5/h10-14H,7-9H2,1-6H3. The second-order valence-electron chi connectivity index (χ2n) is 7.78. The number of furan rings is 1. The summed E-state index contributed by atoms with van der Waals surface area (Å²) in [6, 6.07) is 9.94. The fourth-order valence-electron chi connectivity index (χ4n) is 4.13. The summed E-state index contributed by atoms with van der Waals surface area (Å²) >= 11 is 0. The van der Waals surface area contributed by atoms with Crippen LogP contribution in [0.2, 0.25) is 0 Å². The van der Waals surface area contributed by atoms with E-state index >= 15 is 0 Å². The average Bonchev–Trinajstić information content (AvgIpc) is 3.13. The molecule has 1 aliphatic rings. The van der Waals surface area contributed by atoms with Gasteiger partial charge < -0.3 is 28.3 Å². The van der Waals surface area contributed by atoms with E-state index in [1.807, 2.05) is 38.4 Å². The molecule has 0 unspecified atom stereocenters. The third-order valence-corrected chi connectivity index (χ3v) is 5.81. The Morgan fingerprint density at radius 2 is 1.55 bits per heavy atom. The van der Waals surface area contributed by atoms with Gasteiger partial charge in [0.15, 0.2) is 17.3 Å². The summed E-state index contributed by atoms with van der Waals surface area (Å²) in [4.78, 5) is 2.10. The summed E-state index contributed by atoms with van der Waals surface area (Å²) in [5.74, 6) is 3.44. The molecule has 1 saturated carbocycles. The van der Waals surface area contributed by atoms with E-state index in [2.05, 4.69) is 11.0 Å². The Hall–Kier alpha value is -3.28. The van der Waals surface area contributed by atoms with Crippen LogP contribution in [-0.4, -0.2) is 42.5 Å². The van der Waals surface area contributed by atoms with Crippen molar-refractivity contribution in [2.24, 2.45) is 0 Å². The monoisotopic (exact) mass is 423 g/mol. The van der Waals surface area contributed by atoms with E-state index in [9.17, 15) is 0 Å². The van der Waals surface area contributed by atoms with Crippen LogP contribution >= 0.6 is 0 Å². The van der Waals surface area contributed by atoms with Crippen molar-refractivity contribution in [1.82, 2.24) is 0 Å². The molecule has 0 spiro atoms. The highest BCUT2D eigenvalue weighted by molar-refractivity contribution is 6.01. The maximum absolute atomic E-state index is 6.49. The van der Waals surface area contributed by atoms with Crippen LogP contribution in [0.4, 0.5) is 5.69 Å². The van der Waals surface area contributed by atoms with Gasteiger partial charge >= 0.3 is 0 Å². The molecule has 0 atom stereocenters. The number of hydrogen-bond acceptors (Lipinski definition) is 6. The van der Waals surface area contributed by atoms with E-state index in [0.717, 1.165) is 52.1 Å². The van der Waals surface area contributed by atoms with Crippen LogP contribution in [-0.2, 0) is 0 Å². The van der Waals surface area contributed by atoms with Gasteiger partial charge in [0.25, 0.3) is 0 Å². The second-order valence-corrected chi connectivity index (χ2v) is 7.78. The fourth-order valence-corrected chi connectivity index (χ4v) is 4.13. The number of fused-ring (bicyclic) bond motifs is 1. The third-order valence-electron chi connectivity index (χ3n) is 5.81. The molecule has 0 saturated heterocycles. The summed E-state index contributed by atoms with van der Waals surface area (Å²) in [6.07, 6.45) is 3.26. The lowest BCUT2D eigenvalue weighted by molar-refractivity contribution is 0.324. The average molecular weight is 424 g/mol. The minimum atomic E-state index is 0.578. The fraction of sp³-hybridized carbons (Fsp3) is 0.360. The van der Waals surface area contributed by atoms with Crippen molar-refractivity contribution in [3.63, 3.8) is 0 Å². The van der Waals surface area contributed by atoms with Gasteiger partial charge in [0, 0.05) is 31.1 Å². The van der Waals surface area contributed by atoms with E-state index < -0.39 is 0 Å². The smallest absolute Gasteiger partial charge is 0.203 e. The molecule has 1 heterocycles.